The van der Waals surface area contributed by atoms with E-state index < -0.39 is 0 Å². The molecule has 1 N–H and O–H groups in total. The fraction of sp³-hybridized carbons (Fsp3) is 0.269. The third kappa shape index (κ3) is 4.04. The van der Waals surface area contributed by atoms with Crippen molar-refractivity contribution in [3.05, 3.63) is 80.5 Å². The second kappa shape index (κ2) is 8.97. The summed E-state index contributed by atoms with van der Waals surface area (Å²) in [5.74, 6) is 1.28. The Balaban J connectivity index is 1.39. The first-order valence-electron chi connectivity index (χ1n) is 11.0. The van der Waals surface area contributed by atoms with Gasteiger partial charge in [-0.15, -0.1) is 11.3 Å². The average molecular weight is 442 g/mol. The van der Waals surface area contributed by atoms with Gasteiger partial charge < -0.3 is 9.72 Å². The number of aromatic amines is 1. The van der Waals surface area contributed by atoms with Crippen LogP contribution in [0.1, 0.15) is 47.3 Å². The van der Waals surface area contributed by atoms with Crippen LogP contribution in [0.5, 0.6) is 5.75 Å². The summed E-state index contributed by atoms with van der Waals surface area (Å²) < 4.78 is 5.86. The molecule has 0 spiro atoms. The van der Waals surface area contributed by atoms with Crippen LogP contribution >= 0.6 is 11.3 Å². The van der Waals surface area contributed by atoms with Crippen molar-refractivity contribution in [1.29, 1.82) is 5.26 Å². The first-order chi connectivity index (χ1) is 15.7. The summed E-state index contributed by atoms with van der Waals surface area (Å²) in [5, 5.41) is 10.0. The number of hydrogen-bond donors (Lipinski definition) is 1. The number of thiophene rings is 1. The molecule has 4 aromatic rings. The summed E-state index contributed by atoms with van der Waals surface area (Å²) in [7, 11) is 0. The van der Waals surface area contributed by atoms with Crippen molar-refractivity contribution >= 4 is 21.6 Å². The number of nitrogens with one attached hydrogen (secondary N) is 1. The summed E-state index contributed by atoms with van der Waals surface area (Å²) in [5.41, 5.74) is 3.48. The number of aryl methyl sites for hydroxylation is 2. The zero-order valence-corrected chi connectivity index (χ0v) is 18.5. The molecule has 2 aromatic heterocycles. The van der Waals surface area contributed by atoms with Crippen molar-refractivity contribution in [3.63, 3.8) is 0 Å². The zero-order chi connectivity index (χ0) is 21.9. The molecule has 0 saturated carbocycles. The Morgan fingerprint density at radius 1 is 1.03 bits per heavy atom. The zero-order valence-electron chi connectivity index (χ0n) is 17.7. The first kappa shape index (κ1) is 20.5. The number of benzene rings is 2. The topological polar surface area (TPSA) is 78.8 Å². The summed E-state index contributed by atoms with van der Waals surface area (Å²) in [6, 6.07) is 17.1. The maximum Gasteiger partial charge on any atom is 0.260 e. The number of H-pyrrole nitrogens is 1. The number of nitrogens with zero attached hydrogens (tertiary/aromatic N) is 2. The Hall–Kier alpha value is -3.43. The van der Waals surface area contributed by atoms with E-state index in [1.165, 1.54) is 29.7 Å². The minimum atomic E-state index is -0.0449. The van der Waals surface area contributed by atoms with E-state index in [-0.39, 0.29) is 5.56 Å². The van der Waals surface area contributed by atoms with E-state index in [0.29, 0.717) is 23.7 Å². The van der Waals surface area contributed by atoms with Crippen LogP contribution in [-0.2, 0) is 19.4 Å². The third-order valence-corrected chi connectivity index (χ3v) is 7.17. The van der Waals surface area contributed by atoms with Gasteiger partial charge in [0.15, 0.2) is 0 Å². The Kier molecular flexibility index (Phi) is 5.74. The summed E-state index contributed by atoms with van der Waals surface area (Å²) >= 11 is 1.68. The van der Waals surface area contributed by atoms with Crippen LogP contribution < -0.4 is 10.3 Å². The van der Waals surface area contributed by atoms with E-state index in [9.17, 15) is 10.1 Å². The molecule has 0 aliphatic heterocycles. The molecule has 2 aromatic carbocycles. The number of hydrogen-bond acceptors (Lipinski definition) is 5. The van der Waals surface area contributed by atoms with Crippen LogP contribution in [0.2, 0.25) is 0 Å². The maximum atomic E-state index is 13.0. The molecule has 6 heteroatoms. The van der Waals surface area contributed by atoms with E-state index >= 15 is 0 Å². The van der Waals surface area contributed by atoms with Crippen LogP contribution in [-0.4, -0.2) is 9.97 Å². The summed E-state index contributed by atoms with van der Waals surface area (Å²) in [4.78, 5) is 22.9. The molecular formula is C26H23N3O2S. The number of aromatic nitrogens is 2. The lowest BCUT2D eigenvalue weighted by Gasteiger charge is -2.09. The molecule has 0 saturated heterocycles. The second-order valence-corrected chi connectivity index (χ2v) is 9.18. The number of rotatable bonds is 4. The van der Waals surface area contributed by atoms with Gasteiger partial charge >= 0.3 is 0 Å². The standard InChI is InChI=1S/C26H23N3O2S/c27-15-18-7-5-6-8-19(18)16-31-20-13-11-17(12-14-20)24-28-25(30)23-21-9-3-1-2-4-10-22(21)32-26(23)29-24/h5-8,11-14H,1-4,9-10,16H2,(H,28,29,30). The van der Waals surface area contributed by atoms with Crippen LogP contribution in [0.15, 0.2) is 53.3 Å². The van der Waals surface area contributed by atoms with Crippen molar-refractivity contribution in [2.45, 2.75) is 45.1 Å². The van der Waals surface area contributed by atoms with E-state index in [0.717, 1.165) is 40.6 Å². The van der Waals surface area contributed by atoms with Crippen LogP contribution in [0.3, 0.4) is 0 Å². The Morgan fingerprint density at radius 3 is 2.62 bits per heavy atom. The van der Waals surface area contributed by atoms with Gasteiger partial charge in [-0.05, 0) is 61.6 Å². The molecule has 5 rings (SSSR count). The van der Waals surface area contributed by atoms with Gasteiger partial charge in [0.1, 0.15) is 23.0 Å². The molecule has 0 fully saturated rings. The van der Waals surface area contributed by atoms with E-state index in [4.69, 9.17) is 9.72 Å². The average Bonchev–Trinajstić information content (AvgIpc) is 3.15. The van der Waals surface area contributed by atoms with Gasteiger partial charge in [-0.2, -0.15) is 5.26 Å². The highest BCUT2D eigenvalue weighted by Crippen LogP contribution is 2.33. The van der Waals surface area contributed by atoms with Gasteiger partial charge in [0, 0.05) is 16.0 Å². The van der Waals surface area contributed by atoms with Crippen molar-refractivity contribution in [2.75, 3.05) is 0 Å². The minimum Gasteiger partial charge on any atom is -0.489 e. The lowest BCUT2D eigenvalue weighted by atomic mass is 9.98. The van der Waals surface area contributed by atoms with E-state index in [1.807, 2.05) is 42.5 Å². The molecule has 0 atom stereocenters. The first-order valence-corrected chi connectivity index (χ1v) is 11.8. The second-order valence-electron chi connectivity index (χ2n) is 8.09. The lowest BCUT2D eigenvalue weighted by molar-refractivity contribution is 0.306. The molecular weight excluding hydrogens is 418 g/mol. The summed E-state index contributed by atoms with van der Waals surface area (Å²) in [6.45, 7) is 0.324. The number of nitriles is 1. The molecule has 0 radical (unpaired) electrons. The van der Waals surface area contributed by atoms with Crippen LogP contribution in [0, 0.1) is 11.3 Å². The van der Waals surface area contributed by atoms with E-state index in [1.54, 1.807) is 17.4 Å². The molecule has 1 aliphatic carbocycles. The normalized spacial score (nSPS) is 13.7. The SMILES string of the molecule is N#Cc1ccccc1COc1ccc(-c2nc3sc4c(c3c(=O)[nH]2)CCCCCC4)cc1. The van der Waals surface area contributed by atoms with Crippen molar-refractivity contribution < 1.29 is 4.74 Å². The highest BCUT2D eigenvalue weighted by Gasteiger charge is 2.18. The Morgan fingerprint density at radius 2 is 1.81 bits per heavy atom. The van der Waals surface area contributed by atoms with Gasteiger partial charge in [-0.25, -0.2) is 4.98 Å². The van der Waals surface area contributed by atoms with Gasteiger partial charge in [-0.1, -0.05) is 31.0 Å². The molecule has 0 bridgehead atoms. The Labute approximate surface area is 190 Å². The molecule has 0 amide bonds. The lowest BCUT2D eigenvalue weighted by Crippen LogP contribution is -2.10. The minimum absolute atomic E-state index is 0.0449. The van der Waals surface area contributed by atoms with Crippen molar-refractivity contribution in [1.82, 2.24) is 9.97 Å². The predicted octanol–water partition coefficient (Wildman–Crippen LogP) is 5.76. The van der Waals surface area contributed by atoms with Crippen LogP contribution in [0.4, 0.5) is 0 Å². The van der Waals surface area contributed by atoms with Gasteiger partial charge in [0.2, 0.25) is 0 Å². The number of fused-ring (bicyclic) bond motifs is 3. The van der Waals surface area contributed by atoms with Gasteiger partial charge in [-0.3, -0.25) is 4.79 Å². The smallest absolute Gasteiger partial charge is 0.260 e. The van der Waals surface area contributed by atoms with Gasteiger partial charge in [0.05, 0.1) is 17.0 Å². The fourth-order valence-electron chi connectivity index (χ4n) is 4.28. The molecule has 160 valence electrons. The maximum absolute atomic E-state index is 13.0. The monoisotopic (exact) mass is 441 g/mol. The largest absolute Gasteiger partial charge is 0.489 e. The van der Waals surface area contributed by atoms with Crippen LogP contribution in [0.25, 0.3) is 21.6 Å². The highest BCUT2D eigenvalue weighted by molar-refractivity contribution is 7.18. The third-order valence-electron chi connectivity index (χ3n) is 5.98. The molecule has 1 aliphatic rings. The van der Waals surface area contributed by atoms with E-state index in [2.05, 4.69) is 11.1 Å². The molecule has 0 unspecified atom stereocenters. The Bertz CT molecular complexity index is 1360. The van der Waals surface area contributed by atoms with Crippen molar-refractivity contribution in [2.24, 2.45) is 0 Å². The predicted molar refractivity (Wildman–Crippen MR) is 127 cm³/mol. The quantitative estimate of drug-likeness (QED) is 0.437. The summed E-state index contributed by atoms with van der Waals surface area (Å²) in [6.07, 6.45) is 6.84. The highest BCUT2D eigenvalue weighted by atomic mass is 32.1. The van der Waals surface area contributed by atoms with Gasteiger partial charge in [0.25, 0.3) is 5.56 Å². The molecule has 32 heavy (non-hydrogen) atoms. The van der Waals surface area contributed by atoms with Crippen molar-refractivity contribution in [3.8, 4) is 23.2 Å². The number of ether oxygens (including phenoxy) is 1. The fourth-order valence-corrected chi connectivity index (χ4v) is 5.54. The molecule has 5 nitrogen and oxygen atoms in total. The molecule has 2 heterocycles.